The van der Waals surface area contributed by atoms with Crippen LogP contribution in [0.4, 0.5) is 0 Å². The quantitative estimate of drug-likeness (QED) is 0.599. The van der Waals surface area contributed by atoms with Crippen LogP contribution >= 0.6 is 0 Å². The van der Waals surface area contributed by atoms with Gasteiger partial charge in [0.2, 0.25) is 0 Å². The Morgan fingerprint density at radius 3 is 2.22 bits per heavy atom. The molecular formula is C24H33NO2. The SMILES string of the molecule is CC(C)c1ccc(CCCNC(=O)[C@@H](C)Oc2ccccc2C(C)C)cc1. The fourth-order valence-corrected chi connectivity index (χ4v) is 3.03. The molecule has 0 saturated heterocycles. The van der Waals surface area contributed by atoms with Crippen LogP contribution in [-0.2, 0) is 11.2 Å². The Morgan fingerprint density at radius 1 is 0.926 bits per heavy atom. The number of aryl methyl sites for hydroxylation is 1. The summed E-state index contributed by atoms with van der Waals surface area (Å²) in [6, 6.07) is 16.7. The number of rotatable bonds is 9. The Hall–Kier alpha value is -2.29. The van der Waals surface area contributed by atoms with E-state index in [1.165, 1.54) is 11.1 Å². The fourth-order valence-electron chi connectivity index (χ4n) is 3.03. The molecule has 0 saturated carbocycles. The van der Waals surface area contributed by atoms with E-state index in [0.29, 0.717) is 18.4 Å². The number of benzene rings is 2. The van der Waals surface area contributed by atoms with E-state index in [0.717, 1.165) is 24.2 Å². The van der Waals surface area contributed by atoms with Crippen molar-refractivity contribution in [2.75, 3.05) is 6.54 Å². The first kappa shape index (κ1) is 21.0. The molecule has 1 amide bonds. The Bertz CT molecular complexity index is 719. The summed E-state index contributed by atoms with van der Waals surface area (Å²) in [5.41, 5.74) is 3.80. The van der Waals surface area contributed by atoms with Crippen molar-refractivity contribution in [1.29, 1.82) is 0 Å². The van der Waals surface area contributed by atoms with E-state index in [2.05, 4.69) is 63.3 Å². The Balaban J connectivity index is 1.77. The van der Waals surface area contributed by atoms with E-state index in [-0.39, 0.29) is 5.91 Å². The Kier molecular flexibility index (Phi) is 7.90. The third-order valence-corrected chi connectivity index (χ3v) is 4.80. The van der Waals surface area contributed by atoms with E-state index in [9.17, 15) is 4.79 Å². The molecular weight excluding hydrogens is 334 g/mol. The second-order valence-electron chi connectivity index (χ2n) is 7.74. The van der Waals surface area contributed by atoms with Crippen molar-refractivity contribution in [2.24, 2.45) is 0 Å². The molecule has 3 nitrogen and oxygen atoms in total. The molecule has 2 aromatic carbocycles. The lowest BCUT2D eigenvalue weighted by Gasteiger charge is -2.18. The van der Waals surface area contributed by atoms with Crippen LogP contribution in [0.5, 0.6) is 5.75 Å². The summed E-state index contributed by atoms with van der Waals surface area (Å²) in [7, 11) is 0. The molecule has 0 radical (unpaired) electrons. The number of ether oxygens (including phenoxy) is 1. The zero-order valence-corrected chi connectivity index (χ0v) is 17.3. The highest BCUT2D eigenvalue weighted by Crippen LogP contribution is 2.26. The fraction of sp³-hybridized carbons (Fsp3) is 0.458. The van der Waals surface area contributed by atoms with Gasteiger partial charge in [0.05, 0.1) is 0 Å². The molecule has 0 aromatic heterocycles. The topological polar surface area (TPSA) is 38.3 Å². The van der Waals surface area contributed by atoms with Crippen molar-refractivity contribution in [3.63, 3.8) is 0 Å². The van der Waals surface area contributed by atoms with Crippen LogP contribution < -0.4 is 10.1 Å². The van der Waals surface area contributed by atoms with Gasteiger partial charge in [-0.15, -0.1) is 0 Å². The molecule has 0 aliphatic carbocycles. The molecule has 146 valence electrons. The predicted octanol–water partition coefficient (Wildman–Crippen LogP) is 5.45. The first-order valence-electron chi connectivity index (χ1n) is 10.0. The van der Waals surface area contributed by atoms with Gasteiger partial charge in [0, 0.05) is 6.54 Å². The van der Waals surface area contributed by atoms with Gasteiger partial charge in [-0.3, -0.25) is 4.79 Å². The second-order valence-corrected chi connectivity index (χ2v) is 7.74. The lowest BCUT2D eigenvalue weighted by molar-refractivity contribution is -0.127. The van der Waals surface area contributed by atoms with Crippen LogP contribution in [0.1, 0.15) is 69.6 Å². The molecule has 1 atom stereocenters. The van der Waals surface area contributed by atoms with Crippen LogP contribution in [0, 0.1) is 0 Å². The molecule has 2 aromatic rings. The minimum atomic E-state index is -0.504. The van der Waals surface area contributed by atoms with Gasteiger partial charge in [-0.05, 0) is 54.4 Å². The largest absolute Gasteiger partial charge is 0.481 e. The molecule has 1 N–H and O–H groups in total. The molecule has 0 aliphatic rings. The summed E-state index contributed by atoms with van der Waals surface area (Å²) in [4.78, 5) is 12.3. The highest BCUT2D eigenvalue weighted by molar-refractivity contribution is 5.80. The molecule has 0 bridgehead atoms. The average Bonchev–Trinajstić information content (AvgIpc) is 2.65. The number of nitrogens with one attached hydrogen (secondary N) is 1. The highest BCUT2D eigenvalue weighted by Gasteiger charge is 2.16. The van der Waals surface area contributed by atoms with E-state index in [1.807, 2.05) is 18.2 Å². The van der Waals surface area contributed by atoms with E-state index < -0.39 is 6.10 Å². The lowest BCUT2D eigenvalue weighted by atomic mass is 10.0. The molecule has 0 aliphatic heterocycles. The van der Waals surface area contributed by atoms with Crippen molar-refractivity contribution in [3.8, 4) is 5.75 Å². The zero-order chi connectivity index (χ0) is 19.8. The summed E-state index contributed by atoms with van der Waals surface area (Å²) >= 11 is 0. The van der Waals surface area contributed by atoms with Crippen molar-refractivity contribution < 1.29 is 9.53 Å². The Morgan fingerprint density at radius 2 is 1.59 bits per heavy atom. The third-order valence-electron chi connectivity index (χ3n) is 4.80. The number of hydrogen-bond acceptors (Lipinski definition) is 2. The molecule has 0 unspecified atom stereocenters. The lowest BCUT2D eigenvalue weighted by Crippen LogP contribution is -2.37. The zero-order valence-electron chi connectivity index (χ0n) is 17.3. The maximum Gasteiger partial charge on any atom is 0.260 e. The number of carbonyl (C=O) groups is 1. The standard InChI is InChI=1S/C24H33NO2/c1-17(2)21-14-12-20(13-15-21)9-8-16-25-24(26)19(5)27-23-11-7-6-10-22(23)18(3)4/h6-7,10-15,17-19H,8-9,16H2,1-5H3,(H,25,26)/t19-/m1/s1. The molecule has 27 heavy (non-hydrogen) atoms. The van der Waals surface area contributed by atoms with Crippen LogP contribution in [0.15, 0.2) is 48.5 Å². The summed E-state index contributed by atoms with van der Waals surface area (Å²) < 4.78 is 5.91. The average molecular weight is 368 g/mol. The van der Waals surface area contributed by atoms with Crippen molar-refractivity contribution in [1.82, 2.24) is 5.32 Å². The number of para-hydroxylation sites is 1. The van der Waals surface area contributed by atoms with E-state index >= 15 is 0 Å². The summed E-state index contributed by atoms with van der Waals surface area (Å²) in [6.45, 7) is 11.1. The van der Waals surface area contributed by atoms with Crippen molar-refractivity contribution in [3.05, 3.63) is 65.2 Å². The third kappa shape index (κ3) is 6.42. The molecule has 2 rings (SSSR count). The highest BCUT2D eigenvalue weighted by atomic mass is 16.5. The second kappa shape index (κ2) is 10.1. The molecule has 0 spiro atoms. The number of amides is 1. The monoisotopic (exact) mass is 367 g/mol. The van der Waals surface area contributed by atoms with Gasteiger partial charge < -0.3 is 10.1 Å². The maximum atomic E-state index is 12.3. The van der Waals surface area contributed by atoms with Crippen LogP contribution in [0.2, 0.25) is 0 Å². The minimum absolute atomic E-state index is 0.0660. The van der Waals surface area contributed by atoms with Gasteiger partial charge >= 0.3 is 0 Å². The smallest absolute Gasteiger partial charge is 0.260 e. The van der Waals surface area contributed by atoms with E-state index in [4.69, 9.17) is 4.74 Å². The molecule has 0 heterocycles. The van der Waals surface area contributed by atoms with Crippen LogP contribution in [-0.4, -0.2) is 18.6 Å². The van der Waals surface area contributed by atoms with Gasteiger partial charge in [-0.1, -0.05) is 70.2 Å². The van der Waals surface area contributed by atoms with E-state index in [1.54, 1.807) is 6.92 Å². The van der Waals surface area contributed by atoms with Crippen molar-refractivity contribution >= 4 is 5.91 Å². The van der Waals surface area contributed by atoms with Crippen LogP contribution in [0.25, 0.3) is 0 Å². The minimum Gasteiger partial charge on any atom is -0.481 e. The van der Waals surface area contributed by atoms with Crippen LogP contribution in [0.3, 0.4) is 0 Å². The Labute approximate surface area is 164 Å². The number of carbonyl (C=O) groups excluding carboxylic acids is 1. The van der Waals surface area contributed by atoms with Gasteiger partial charge in [0.25, 0.3) is 5.91 Å². The first-order valence-corrected chi connectivity index (χ1v) is 10.0. The number of hydrogen-bond donors (Lipinski definition) is 1. The molecule has 3 heteroatoms. The van der Waals surface area contributed by atoms with Gasteiger partial charge in [-0.2, -0.15) is 0 Å². The molecule has 0 fully saturated rings. The normalized spacial score (nSPS) is 12.3. The van der Waals surface area contributed by atoms with Crippen molar-refractivity contribution in [2.45, 2.75) is 65.4 Å². The summed E-state index contributed by atoms with van der Waals surface area (Å²) in [5.74, 6) is 1.64. The maximum absolute atomic E-state index is 12.3. The summed E-state index contributed by atoms with van der Waals surface area (Å²) in [5, 5.41) is 2.99. The van der Waals surface area contributed by atoms with Gasteiger partial charge in [0.1, 0.15) is 5.75 Å². The van der Waals surface area contributed by atoms with Gasteiger partial charge in [0.15, 0.2) is 6.10 Å². The first-order chi connectivity index (χ1) is 12.9. The summed E-state index contributed by atoms with van der Waals surface area (Å²) in [6.07, 6.45) is 1.38. The predicted molar refractivity (Wildman–Crippen MR) is 112 cm³/mol. The van der Waals surface area contributed by atoms with Gasteiger partial charge in [-0.25, -0.2) is 0 Å².